The van der Waals surface area contributed by atoms with Crippen molar-refractivity contribution in [1.29, 1.82) is 0 Å². The Kier molecular flexibility index (Phi) is 3.59. The van der Waals surface area contributed by atoms with E-state index in [2.05, 4.69) is 19.9 Å². The number of nitrogens with zero attached hydrogens (tertiary/aromatic N) is 5. The highest BCUT2D eigenvalue weighted by Crippen LogP contribution is 2.24. The molecule has 1 aromatic heterocycles. The summed E-state index contributed by atoms with van der Waals surface area (Å²) in [4.78, 5) is 27.3. The van der Waals surface area contributed by atoms with Gasteiger partial charge in [-0.25, -0.2) is 4.99 Å². The van der Waals surface area contributed by atoms with Gasteiger partial charge in [0.2, 0.25) is 0 Å². The third kappa shape index (κ3) is 2.55. The van der Waals surface area contributed by atoms with Crippen molar-refractivity contribution in [2.75, 3.05) is 40.5 Å². The van der Waals surface area contributed by atoms with Crippen molar-refractivity contribution in [2.24, 2.45) is 4.99 Å². The molecule has 3 rings (SSSR count). The predicted octanol–water partition coefficient (Wildman–Crippen LogP) is -1.47. The Labute approximate surface area is 126 Å². The monoisotopic (exact) mass is 305 g/mol. The van der Waals surface area contributed by atoms with Crippen LogP contribution in [0, 0.1) is 0 Å². The maximum atomic E-state index is 11.7. The van der Waals surface area contributed by atoms with Crippen LogP contribution in [0.3, 0.4) is 0 Å². The van der Waals surface area contributed by atoms with E-state index < -0.39 is 11.8 Å². The Morgan fingerprint density at radius 1 is 1.27 bits per heavy atom. The Bertz CT molecular complexity index is 679. The lowest BCUT2D eigenvalue weighted by Gasteiger charge is -2.34. The summed E-state index contributed by atoms with van der Waals surface area (Å²) in [5.74, 6) is -0.674. The number of hydrogen-bond donors (Lipinski definition) is 0. The van der Waals surface area contributed by atoms with Gasteiger partial charge in [-0.05, 0) is 0 Å². The molecule has 3 heterocycles. The van der Waals surface area contributed by atoms with E-state index in [4.69, 9.17) is 9.47 Å². The average Bonchev–Trinajstić information content (AvgIpc) is 2.86. The van der Waals surface area contributed by atoms with Crippen LogP contribution in [0.4, 0.5) is 5.95 Å². The standard InChI is InChI=1S/C13H15N5O4/c1-18(3-5-22-6-4-18)12-15-10(16-13(17-12)21-2)8-7-9(19)14-11(8)20/h7H,3-6H2,1-2H3. The quantitative estimate of drug-likeness (QED) is 0.627. The van der Waals surface area contributed by atoms with Crippen LogP contribution in [-0.4, -0.2) is 67.2 Å². The molecule has 2 aliphatic heterocycles. The van der Waals surface area contributed by atoms with Crippen molar-refractivity contribution < 1.29 is 19.4 Å². The van der Waals surface area contributed by atoms with Crippen molar-refractivity contribution in [3.63, 3.8) is 0 Å². The smallest absolute Gasteiger partial charge is 0.335 e. The summed E-state index contributed by atoms with van der Waals surface area (Å²) in [6.07, 6.45) is 1.13. The molecule has 9 heteroatoms. The summed E-state index contributed by atoms with van der Waals surface area (Å²) in [6.45, 7) is 2.58. The molecule has 1 amide bonds. The number of carbonyl (C=O) groups excluding carboxylic acids is 1. The van der Waals surface area contributed by atoms with E-state index in [1.54, 1.807) is 0 Å². The second-order valence-corrected chi connectivity index (χ2v) is 5.21. The van der Waals surface area contributed by atoms with E-state index in [9.17, 15) is 9.90 Å². The van der Waals surface area contributed by atoms with Gasteiger partial charge >= 0.3 is 12.0 Å². The number of aliphatic imine (C=N–C) groups is 1. The summed E-state index contributed by atoms with van der Waals surface area (Å²) >= 11 is 0. The topological polar surface area (TPSA) is 110 Å². The van der Waals surface area contributed by atoms with Crippen LogP contribution in [0.5, 0.6) is 6.01 Å². The average molecular weight is 305 g/mol. The maximum Gasteiger partial charge on any atom is 0.335 e. The SMILES string of the molecule is COc1nc(C2=CC(=O)N=C2[O-])nc([N+]2(C)CCOCC2)n1. The summed E-state index contributed by atoms with van der Waals surface area (Å²) < 4.78 is 10.9. The largest absolute Gasteiger partial charge is 0.858 e. The van der Waals surface area contributed by atoms with Gasteiger partial charge in [0.1, 0.15) is 13.1 Å². The van der Waals surface area contributed by atoms with Crippen molar-refractivity contribution in [1.82, 2.24) is 19.4 Å². The lowest BCUT2D eigenvalue weighted by molar-refractivity contribution is -0.210. The van der Waals surface area contributed by atoms with Crippen molar-refractivity contribution in [3.05, 3.63) is 11.9 Å². The minimum Gasteiger partial charge on any atom is -0.858 e. The molecule has 0 aliphatic carbocycles. The molecule has 0 radical (unpaired) electrons. The Balaban J connectivity index is 2.06. The Morgan fingerprint density at radius 3 is 2.59 bits per heavy atom. The highest BCUT2D eigenvalue weighted by Gasteiger charge is 2.33. The molecule has 9 nitrogen and oxygen atoms in total. The lowest BCUT2D eigenvalue weighted by Crippen LogP contribution is -2.54. The lowest BCUT2D eigenvalue weighted by atomic mass is 10.2. The van der Waals surface area contributed by atoms with E-state index in [1.165, 1.54) is 7.11 Å². The first-order valence-corrected chi connectivity index (χ1v) is 6.77. The molecule has 0 atom stereocenters. The van der Waals surface area contributed by atoms with Gasteiger partial charge in [-0.1, -0.05) is 0 Å². The Morgan fingerprint density at radius 2 is 2.00 bits per heavy atom. The third-order valence-electron chi connectivity index (χ3n) is 3.68. The first kappa shape index (κ1) is 14.5. The summed E-state index contributed by atoms with van der Waals surface area (Å²) in [5.41, 5.74) is 0.0619. The van der Waals surface area contributed by atoms with Crippen molar-refractivity contribution in [3.8, 4) is 6.01 Å². The number of hydrogen-bond acceptors (Lipinski definition) is 7. The zero-order valence-corrected chi connectivity index (χ0v) is 12.3. The fraction of sp³-hybridized carbons (Fsp3) is 0.462. The first-order chi connectivity index (χ1) is 10.5. The number of ether oxygens (including phenoxy) is 2. The number of aromatic nitrogens is 3. The van der Waals surface area contributed by atoms with Gasteiger partial charge in [-0.15, -0.1) is 4.98 Å². The molecular formula is C13H15N5O4. The van der Waals surface area contributed by atoms with Gasteiger partial charge in [0.05, 0.1) is 27.4 Å². The van der Waals surface area contributed by atoms with Crippen LogP contribution in [-0.2, 0) is 9.53 Å². The van der Waals surface area contributed by atoms with Gasteiger partial charge in [-0.2, -0.15) is 9.97 Å². The fourth-order valence-corrected chi connectivity index (χ4v) is 2.28. The first-order valence-electron chi connectivity index (χ1n) is 6.77. The highest BCUT2D eigenvalue weighted by molar-refractivity contribution is 6.28. The van der Waals surface area contributed by atoms with Crippen LogP contribution in [0.15, 0.2) is 11.1 Å². The zero-order valence-electron chi connectivity index (χ0n) is 12.3. The number of amides is 1. The number of morpholine rings is 1. The van der Waals surface area contributed by atoms with Crippen LogP contribution in [0.25, 0.3) is 5.57 Å². The normalized spacial score (nSPS) is 20.5. The van der Waals surface area contributed by atoms with Crippen molar-refractivity contribution in [2.45, 2.75) is 0 Å². The number of carbonyl (C=O) groups is 1. The summed E-state index contributed by atoms with van der Waals surface area (Å²) in [7, 11) is 3.41. The molecule has 0 N–H and O–H groups in total. The van der Waals surface area contributed by atoms with E-state index in [-0.39, 0.29) is 17.4 Å². The van der Waals surface area contributed by atoms with Gasteiger partial charge < -0.3 is 14.6 Å². The minimum atomic E-state index is -0.645. The molecule has 116 valence electrons. The van der Waals surface area contributed by atoms with Crippen molar-refractivity contribution >= 4 is 23.3 Å². The van der Waals surface area contributed by atoms with E-state index in [1.807, 2.05) is 7.05 Å². The number of quaternary nitrogens is 1. The second-order valence-electron chi connectivity index (χ2n) is 5.21. The van der Waals surface area contributed by atoms with Gasteiger partial charge in [0, 0.05) is 17.5 Å². The van der Waals surface area contributed by atoms with E-state index in [0.29, 0.717) is 36.7 Å². The predicted molar refractivity (Wildman–Crippen MR) is 75.1 cm³/mol. The molecule has 0 aromatic carbocycles. The molecule has 1 saturated heterocycles. The molecule has 1 fully saturated rings. The maximum absolute atomic E-state index is 11.7. The van der Waals surface area contributed by atoms with E-state index in [0.717, 1.165) is 6.08 Å². The number of rotatable bonds is 3. The molecular weight excluding hydrogens is 290 g/mol. The third-order valence-corrected chi connectivity index (χ3v) is 3.68. The molecule has 0 spiro atoms. The molecule has 2 aliphatic rings. The second kappa shape index (κ2) is 5.43. The summed E-state index contributed by atoms with van der Waals surface area (Å²) in [5, 5.41) is 11.7. The van der Waals surface area contributed by atoms with Crippen LogP contribution in [0.2, 0.25) is 0 Å². The van der Waals surface area contributed by atoms with Gasteiger partial charge in [-0.3, -0.25) is 9.28 Å². The summed E-state index contributed by atoms with van der Waals surface area (Å²) in [6, 6.07) is 0.0962. The molecule has 0 unspecified atom stereocenters. The highest BCUT2D eigenvalue weighted by atomic mass is 16.5. The Hall–Kier alpha value is -2.39. The molecule has 0 bridgehead atoms. The van der Waals surface area contributed by atoms with Gasteiger partial charge in [0.25, 0.3) is 5.91 Å². The van der Waals surface area contributed by atoms with Crippen LogP contribution < -0.4 is 14.3 Å². The van der Waals surface area contributed by atoms with Gasteiger partial charge in [0.15, 0.2) is 5.82 Å². The minimum absolute atomic E-state index is 0.0619. The van der Waals surface area contributed by atoms with Crippen LogP contribution in [0.1, 0.15) is 5.82 Å². The fourth-order valence-electron chi connectivity index (χ4n) is 2.28. The molecule has 0 saturated carbocycles. The molecule has 1 aromatic rings. The number of methoxy groups -OCH3 is 1. The molecule has 22 heavy (non-hydrogen) atoms. The van der Waals surface area contributed by atoms with Crippen LogP contribution >= 0.6 is 0 Å². The zero-order chi connectivity index (χ0) is 15.7. The number of likely N-dealkylation sites (N-methyl/N-ethyl adjacent to an activating group) is 1. The van der Waals surface area contributed by atoms with E-state index >= 15 is 0 Å².